The summed E-state index contributed by atoms with van der Waals surface area (Å²) in [4.78, 5) is 41.7. The Kier molecular flexibility index (Phi) is 6.77. The zero-order valence-corrected chi connectivity index (χ0v) is 25.2. The molecule has 0 aromatic heterocycles. The molecule has 6 nitrogen and oxygen atoms in total. The van der Waals surface area contributed by atoms with Crippen molar-refractivity contribution < 1.29 is 28.6 Å². The molecule has 9 atom stereocenters. The average molecular weight is 549 g/mol. The minimum atomic E-state index is -1.11. The number of Topliss-reactive ketones (excluding diaryl/α,β-unsaturated/α-hetero) is 1. The number of esters is 2. The van der Waals surface area contributed by atoms with E-state index in [1.54, 1.807) is 12.1 Å². The van der Waals surface area contributed by atoms with Crippen molar-refractivity contribution in [2.45, 2.75) is 86.0 Å². The van der Waals surface area contributed by atoms with Gasteiger partial charge in [-0.3, -0.25) is 4.79 Å². The summed E-state index contributed by atoms with van der Waals surface area (Å²) in [5.74, 6) is -1.72. The SMILES string of the molecule is C=CC(=O)O[C@@]12CO[C@@H]1C[C@H](C)[C@@]1(C)C(=O)[C@H](C)C3=C(C)[C@@H](C)C[C@@](C)(C(OC(=O)c4ccccc4)C12)C3(C)C. The summed E-state index contributed by atoms with van der Waals surface area (Å²) in [6, 6.07) is 8.98. The van der Waals surface area contributed by atoms with E-state index >= 15 is 0 Å². The number of fused-ring (bicyclic) bond motifs is 5. The van der Waals surface area contributed by atoms with Crippen molar-refractivity contribution in [2.24, 2.45) is 39.9 Å². The van der Waals surface area contributed by atoms with Gasteiger partial charge in [-0.05, 0) is 49.1 Å². The molecule has 2 bridgehead atoms. The number of hydrogen-bond donors (Lipinski definition) is 0. The average Bonchev–Trinajstić information content (AvgIpc) is 2.91. The van der Waals surface area contributed by atoms with Gasteiger partial charge in [0.1, 0.15) is 18.0 Å². The van der Waals surface area contributed by atoms with Crippen molar-refractivity contribution in [1.82, 2.24) is 0 Å². The van der Waals surface area contributed by atoms with Gasteiger partial charge < -0.3 is 14.2 Å². The molecule has 1 aromatic carbocycles. The van der Waals surface area contributed by atoms with Crippen LogP contribution < -0.4 is 0 Å². The number of benzene rings is 1. The van der Waals surface area contributed by atoms with Gasteiger partial charge in [-0.25, -0.2) is 9.59 Å². The quantitative estimate of drug-likeness (QED) is 0.248. The van der Waals surface area contributed by atoms with Gasteiger partial charge in [0.25, 0.3) is 0 Å². The third-order valence-corrected chi connectivity index (χ3v) is 11.8. The van der Waals surface area contributed by atoms with Crippen LogP contribution in [0.15, 0.2) is 54.1 Å². The van der Waals surface area contributed by atoms with Crippen LogP contribution in [0.25, 0.3) is 0 Å². The highest BCUT2D eigenvalue weighted by Crippen LogP contribution is 2.69. The number of ketones is 1. The van der Waals surface area contributed by atoms with Crippen LogP contribution in [-0.4, -0.2) is 42.1 Å². The van der Waals surface area contributed by atoms with Crippen LogP contribution in [0.5, 0.6) is 0 Å². The van der Waals surface area contributed by atoms with E-state index in [0.29, 0.717) is 12.0 Å². The van der Waals surface area contributed by atoms with Crippen LogP contribution in [0.2, 0.25) is 0 Å². The Balaban J connectivity index is 1.81. The van der Waals surface area contributed by atoms with Gasteiger partial charge in [0.2, 0.25) is 0 Å². The second-order valence-corrected chi connectivity index (χ2v) is 13.8. The van der Waals surface area contributed by atoms with Crippen LogP contribution in [-0.2, 0) is 23.8 Å². The van der Waals surface area contributed by atoms with Crippen molar-refractivity contribution in [1.29, 1.82) is 0 Å². The van der Waals surface area contributed by atoms with Crippen LogP contribution in [0.1, 0.15) is 78.6 Å². The monoisotopic (exact) mass is 548 g/mol. The lowest BCUT2D eigenvalue weighted by Gasteiger charge is -2.69. The molecule has 1 aliphatic heterocycles. The lowest BCUT2D eigenvalue weighted by molar-refractivity contribution is -0.333. The van der Waals surface area contributed by atoms with Crippen molar-refractivity contribution in [2.75, 3.05) is 6.61 Å². The van der Waals surface area contributed by atoms with Crippen LogP contribution >= 0.6 is 0 Å². The Morgan fingerprint density at radius 2 is 1.73 bits per heavy atom. The van der Waals surface area contributed by atoms with Crippen molar-refractivity contribution in [3.05, 3.63) is 59.7 Å². The van der Waals surface area contributed by atoms with E-state index in [1.165, 1.54) is 5.57 Å². The molecule has 0 spiro atoms. The Bertz CT molecular complexity index is 1280. The molecule has 0 radical (unpaired) electrons. The fraction of sp³-hybridized carbons (Fsp3) is 0.618. The molecular weight excluding hydrogens is 504 g/mol. The van der Waals surface area contributed by atoms with Gasteiger partial charge in [0.15, 0.2) is 5.60 Å². The minimum absolute atomic E-state index is 0.0879. The van der Waals surface area contributed by atoms with Crippen LogP contribution in [0.3, 0.4) is 0 Å². The van der Waals surface area contributed by atoms with Gasteiger partial charge in [0.05, 0.1) is 18.1 Å². The summed E-state index contributed by atoms with van der Waals surface area (Å²) < 4.78 is 19.0. The van der Waals surface area contributed by atoms with E-state index in [-0.39, 0.29) is 30.1 Å². The molecule has 216 valence electrons. The topological polar surface area (TPSA) is 78.9 Å². The van der Waals surface area contributed by atoms with Gasteiger partial charge >= 0.3 is 11.9 Å². The number of allylic oxidation sites excluding steroid dienone is 2. The second-order valence-electron chi connectivity index (χ2n) is 13.8. The van der Waals surface area contributed by atoms with Crippen molar-refractivity contribution >= 4 is 17.7 Å². The Morgan fingerprint density at radius 1 is 1.07 bits per heavy atom. The summed E-state index contributed by atoms with van der Waals surface area (Å²) in [5.41, 5.74) is -0.254. The zero-order valence-electron chi connectivity index (χ0n) is 25.2. The molecule has 2 saturated carbocycles. The van der Waals surface area contributed by atoms with E-state index < -0.39 is 51.9 Å². The van der Waals surface area contributed by atoms with Crippen molar-refractivity contribution in [3.8, 4) is 0 Å². The molecular formula is C34H44O6. The van der Waals surface area contributed by atoms with Crippen LogP contribution in [0.4, 0.5) is 0 Å². The highest BCUT2D eigenvalue weighted by atomic mass is 16.6. The van der Waals surface area contributed by atoms with Gasteiger partial charge in [-0.15, -0.1) is 0 Å². The molecule has 0 amide bonds. The molecule has 40 heavy (non-hydrogen) atoms. The number of carbonyl (C=O) groups is 3. The molecule has 5 rings (SSSR count). The predicted molar refractivity (Wildman–Crippen MR) is 152 cm³/mol. The molecule has 0 N–H and O–H groups in total. The highest BCUT2D eigenvalue weighted by Gasteiger charge is 2.75. The summed E-state index contributed by atoms with van der Waals surface area (Å²) >= 11 is 0. The maximum atomic E-state index is 14.9. The normalized spacial score (nSPS) is 41.9. The minimum Gasteiger partial charge on any atom is -0.458 e. The fourth-order valence-electron chi connectivity index (χ4n) is 9.04. The molecule has 1 saturated heterocycles. The summed E-state index contributed by atoms with van der Waals surface area (Å²) in [6.07, 6.45) is 1.38. The molecule has 1 aromatic rings. The molecule has 2 unspecified atom stereocenters. The Hall–Kier alpha value is -2.73. The Labute approximate surface area is 238 Å². The first-order valence-electron chi connectivity index (χ1n) is 14.6. The third-order valence-electron chi connectivity index (χ3n) is 11.8. The van der Waals surface area contributed by atoms with E-state index in [9.17, 15) is 14.4 Å². The smallest absolute Gasteiger partial charge is 0.338 e. The largest absolute Gasteiger partial charge is 0.458 e. The maximum absolute atomic E-state index is 14.9. The van der Waals surface area contributed by atoms with E-state index in [0.717, 1.165) is 18.1 Å². The van der Waals surface area contributed by atoms with Gasteiger partial charge in [-0.1, -0.05) is 84.4 Å². The first-order chi connectivity index (χ1) is 18.7. The summed E-state index contributed by atoms with van der Waals surface area (Å²) in [5, 5.41) is 0. The molecule has 4 aliphatic rings. The summed E-state index contributed by atoms with van der Waals surface area (Å²) in [7, 11) is 0. The molecule has 6 heteroatoms. The molecule has 1 heterocycles. The highest BCUT2D eigenvalue weighted by molar-refractivity contribution is 5.92. The summed E-state index contributed by atoms with van der Waals surface area (Å²) in [6.45, 7) is 20.9. The number of carbonyl (C=O) groups excluding carboxylic acids is 3. The zero-order chi connectivity index (χ0) is 29.4. The van der Waals surface area contributed by atoms with E-state index in [2.05, 4.69) is 48.1 Å². The lowest BCUT2D eigenvalue weighted by atomic mass is 9.39. The molecule has 3 aliphatic carbocycles. The number of ether oxygens (including phenoxy) is 3. The first-order valence-corrected chi connectivity index (χ1v) is 14.6. The first kappa shape index (κ1) is 28.8. The standard InChI is InChI=1S/C34H44O6/c1-10-25(35)40-34-18-38-24(34)16-20(3)33(9)27(34)29(39-30(37)23-14-12-11-13-15-23)32(8)17-19(2)21(4)26(31(32,6)7)22(5)28(33)36/h10-15,19-20,22,24,27,29H,1,16-18H2,2-9H3/t19-,20-,22+,24+,27?,29?,32-,33+,34-/m0/s1. The molecule has 3 fully saturated rings. The van der Waals surface area contributed by atoms with Gasteiger partial charge in [-0.2, -0.15) is 0 Å². The third kappa shape index (κ3) is 3.67. The maximum Gasteiger partial charge on any atom is 0.338 e. The Morgan fingerprint density at radius 3 is 2.30 bits per heavy atom. The van der Waals surface area contributed by atoms with Gasteiger partial charge in [0, 0.05) is 22.8 Å². The van der Waals surface area contributed by atoms with Crippen molar-refractivity contribution in [3.63, 3.8) is 0 Å². The predicted octanol–water partition coefficient (Wildman–Crippen LogP) is 6.35. The fourth-order valence-corrected chi connectivity index (χ4v) is 9.04. The van der Waals surface area contributed by atoms with Crippen LogP contribution in [0, 0.1) is 39.9 Å². The number of rotatable bonds is 4. The number of hydrogen-bond acceptors (Lipinski definition) is 6. The van der Waals surface area contributed by atoms with E-state index in [4.69, 9.17) is 14.2 Å². The lowest BCUT2D eigenvalue weighted by Crippen LogP contribution is -2.78. The second kappa shape index (κ2) is 9.40. The van der Waals surface area contributed by atoms with E-state index in [1.807, 2.05) is 32.0 Å².